The maximum absolute atomic E-state index is 14.1. The summed E-state index contributed by atoms with van der Waals surface area (Å²) >= 11 is 0. The van der Waals surface area contributed by atoms with Gasteiger partial charge >= 0.3 is 12.4 Å². The van der Waals surface area contributed by atoms with E-state index < -0.39 is 36.3 Å². The molecule has 1 atom stereocenters. The van der Waals surface area contributed by atoms with Crippen molar-refractivity contribution < 1.29 is 44.9 Å². The lowest BCUT2D eigenvalue weighted by atomic mass is 9.99. The van der Waals surface area contributed by atoms with Crippen LogP contribution in [0.4, 0.5) is 30.7 Å². The molecule has 3 aromatic carbocycles. The third-order valence-electron chi connectivity index (χ3n) is 4.95. The zero-order valence-electron chi connectivity index (χ0n) is 18.4. The topological polar surface area (TPSA) is 27.7 Å². The number of halogens is 7. The van der Waals surface area contributed by atoms with Crippen LogP contribution in [0.25, 0.3) is 0 Å². The Balaban J connectivity index is 1.66. The lowest BCUT2D eigenvalue weighted by molar-refractivity contribution is -0.163. The summed E-state index contributed by atoms with van der Waals surface area (Å²) in [5.41, 5.74) is -0.563. The van der Waals surface area contributed by atoms with Gasteiger partial charge in [0, 0.05) is 0 Å². The summed E-state index contributed by atoms with van der Waals surface area (Å²) in [6.07, 6.45) is -9.09. The van der Waals surface area contributed by atoms with Gasteiger partial charge in [-0.15, -0.1) is 0 Å². The summed E-state index contributed by atoms with van der Waals surface area (Å²) in [6, 6.07) is 12.8. The Morgan fingerprint density at radius 3 is 2.00 bits per heavy atom. The van der Waals surface area contributed by atoms with Gasteiger partial charge in [-0.05, 0) is 66.6 Å². The van der Waals surface area contributed by atoms with Crippen molar-refractivity contribution in [3.05, 3.63) is 89.2 Å². The Morgan fingerprint density at radius 2 is 1.43 bits per heavy atom. The molecule has 3 aromatic rings. The average molecular weight is 502 g/mol. The second kappa shape index (κ2) is 11.0. The molecule has 0 aliphatic carbocycles. The molecule has 3 rings (SSSR count). The van der Waals surface area contributed by atoms with E-state index in [1.54, 1.807) is 6.92 Å². The standard InChI is InChI=1S/C25H21F7O3/c1-2-34-19-8-4-17(5-9-19)21(25(30,31)32)15-33-14-16-3-12-22(26)23(13-16)35-20-10-6-18(7-11-20)24(27,28)29/h3-13,21H,2,14-15H2,1H3. The molecule has 0 aromatic heterocycles. The Labute approximate surface area is 197 Å². The van der Waals surface area contributed by atoms with E-state index in [1.165, 1.54) is 36.4 Å². The van der Waals surface area contributed by atoms with Crippen LogP contribution in [-0.2, 0) is 17.5 Å². The van der Waals surface area contributed by atoms with Crippen molar-refractivity contribution in [3.63, 3.8) is 0 Å². The molecule has 0 fully saturated rings. The summed E-state index contributed by atoms with van der Waals surface area (Å²) in [4.78, 5) is 0. The maximum Gasteiger partial charge on any atom is 0.416 e. The summed E-state index contributed by atoms with van der Waals surface area (Å²) < 4.78 is 109. The highest BCUT2D eigenvalue weighted by molar-refractivity contribution is 5.37. The molecular formula is C25H21F7O3. The summed E-state index contributed by atoms with van der Waals surface area (Å²) in [6.45, 7) is 1.19. The molecule has 0 N–H and O–H groups in total. The zero-order valence-corrected chi connectivity index (χ0v) is 18.4. The highest BCUT2D eigenvalue weighted by Crippen LogP contribution is 2.36. The Hall–Kier alpha value is -3.27. The van der Waals surface area contributed by atoms with E-state index in [1.807, 2.05) is 0 Å². The van der Waals surface area contributed by atoms with Crippen LogP contribution in [0.2, 0.25) is 0 Å². The average Bonchev–Trinajstić information content (AvgIpc) is 2.79. The minimum Gasteiger partial charge on any atom is -0.494 e. The van der Waals surface area contributed by atoms with E-state index in [0.717, 1.165) is 30.3 Å². The van der Waals surface area contributed by atoms with E-state index >= 15 is 0 Å². The molecule has 0 aliphatic rings. The minimum absolute atomic E-state index is 0.00591. The molecule has 10 heteroatoms. The molecule has 0 heterocycles. The summed E-state index contributed by atoms with van der Waals surface area (Å²) in [5, 5.41) is 0. The first kappa shape index (κ1) is 26.3. The Bertz CT molecular complexity index is 1090. The van der Waals surface area contributed by atoms with Gasteiger partial charge in [-0.3, -0.25) is 0 Å². The zero-order chi connectivity index (χ0) is 25.6. The third kappa shape index (κ3) is 7.35. The highest BCUT2D eigenvalue weighted by Gasteiger charge is 2.41. The van der Waals surface area contributed by atoms with Crippen molar-refractivity contribution in [2.24, 2.45) is 0 Å². The number of alkyl halides is 6. The number of ether oxygens (including phenoxy) is 3. The normalized spacial score (nSPS) is 12.9. The molecule has 35 heavy (non-hydrogen) atoms. The van der Waals surface area contributed by atoms with Crippen molar-refractivity contribution in [3.8, 4) is 17.2 Å². The van der Waals surface area contributed by atoms with Crippen LogP contribution in [0, 0.1) is 5.82 Å². The van der Waals surface area contributed by atoms with Crippen molar-refractivity contribution in [1.82, 2.24) is 0 Å². The van der Waals surface area contributed by atoms with Crippen LogP contribution in [0.5, 0.6) is 17.2 Å². The van der Waals surface area contributed by atoms with Crippen LogP contribution in [0.15, 0.2) is 66.7 Å². The fraction of sp³-hybridized carbons (Fsp3) is 0.280. The fourth-order valence-electron chi connectivity index (χ4n) is 3.19. The predicted molar refractivity (Wildman–Crippen MR) is 114 cm³/mol. The number of rotatable bonds is 9. The van der Waals surface area contributed by atoms with E-state index in [9.17, 15) is 30.7 Å². The van der Waals surface area contributed by atoms with Gasteiger partial charge in [-0.2, -0.15) is 26.3 Å². The molecular weight excluding hydrogens is 481 g/mol. The number of hydrogen-bond donors (Lipinski definition) is 0. The lowest BCUT2D eigenvalue weighted by Crippen LogP contribution is -2.25. The van der Waals surface area contributed by atoms with Gasteiger partial charge in [0.05, 0.1) is 25.4 Å². The number of benzene rings is 3. The van der Waals surface area contributed by atoms with Gasteiger partial charge in [-0.1, -0.05) is 18.2 Å². The monoisotopic (exact) mass is 502 g/mol. The minimum atomic E-state index is -4.56. The predicted octanol–water partition coefficient (Wildman–Crippen LogP) is 7.90. The SMILES string of the molecule is CCOc1ccc(C(COCc2ccc(F)c(Oc3ccc(C(F)(F)F)cc3)c2)C(F)(F)F)cc1. The maximum atomic E-state index is 14.1. The molecule has 0 radical (unpaired) electrons. The molecule has 0 saturated carbocycles. The molecule has 0 bridgehead atoms. The summed E-state index contributed by atoms with van der Waals surface area (Å²) in [7, 11) is 0. The van der Waals surface area contributed by atoms with Crippen molar-refractivity contribution in [1.29, 1.82) is 0 Å². The molecule has 1 unspecified atom stereocenters. The fourth-order valence-corrected chi connectivity index (χ4v) is 3.19. The highest BCUT2D eigenvalue weighted by atomic mass is 19.4. The van der Waals surface area contributed by atoms with Crippen LogP contribution in [0.3, 0.4) is 0 Å². The Kier molecular flexibility index (Phi) is 8.26. The second-order valence-electron chi connectivity index (χ2n) is 7.50. The smallest absolute Gasteiger partial charge is 0.416 e. The van der Waals surface area contributed by atoms with Crippen LogP contribution >= 0.6 is 0 Å². The van der Waals surface area contributed by atoms with Crippen molar-refractivity contribution >= 4 is 0 Å². The summed E-state index contributed by atoms with van der Waals surface area (Å²) in [5.74, 6) is -2.57. The Morgan fingerprint density at radius 1 is 0.800 bits per heavy atom. The molecule has 0 aliphatic heterocycles. The molecule has 3 nitrogen and oxygen atoms in total. The van der Waals surface area contributed by atoms with Gasteiger partial charge in [-0.25, -0.2) is 4.39 Å². The van der Waals surface area contributed by atoms with E-state index in [4.69, 9.17) is 14.2 Å². The van der Waals surface area contributed by atoms with Gasteiger partial charge in [0.1, 0.15) is 17.4 Å². The lowest BCUT2D eigenvalue weighted by Gasteiger charge is -2.21. The van der Waals surface area contributed by atoms with Gasteiger partial charge in [0.2, 0.25) is 0 Å². The van der Waals surface area contributed by atoms with Crippen LogP contribution in [0.1, 0.15) is 29.5 Å². The van der Waals surface area contributed by atoms with E-state index in [2.05, 4.69) is 0 Å². The van der Waals surface area contributed by atoms with Crippen LogP contribution < -0.4 is 9.47 Å². The van der Waals surface area contributed by atoms with Gasteiger partial charge in [0.15, 0.2) is 11.6 Å². The van der Waals surface area contributed by atoms with Crippen molar-refractivity contribution in [2.45, 2.75) is 31.8 Å². The third-order valence-corrected chi connectivity index (χ3v) is 4.95. The molecule has 0 amide bonds. The van der Waals surface area contributed by atoms with Gasteiger partial charge in [0.25, 0.3) is 0 Å². The van der Waals surface area contributed by atoms with Crippen LogP contribution in [-0.4, -0.2) is 19.4 Å². The van der Waals surface area contributed by atoms with Gasteiger partial charge < -0.3 is 14.2 Å². The quantitative estimate of drug-likeness (QED) is 0.279. The first-order valence-corrected chi connectivity index (χ1v) is 10.5. The van der Waals surface area contributed by atoms with E-state index in [-0.39, 0.29) is 23.7 Å². The first-order valence-electron chi connectivity index (χ1n) is 10.5. The molecule has 0 saturated heterocycles. The first-order chi connectivity index (χ1) is 16.5. The number of hydrogen-bond acceptors (Lipinski definition) is 3. The van der Waals surface area contributed by atoms with E-state index in [0.29, 0.717) is 17.9 Å². The second-order valence-corrected chi connectivity index (χ2v) is 7.50. The molecule has 0 spiro atoms. The van der Waals surface area contributed by atoms with Crippen molar-refractivity contribution in [2.75, 3.05) is 13.2 Å². The molecule has 188 valence electrons. The largest absolute Gasteiger partial charge is 0.494 e.